The summed E-state index contributed by atoms with van der Waals surface area (Å²) in [5.41, 5.74) is 1.23. The summed E-state index contributed by atoms with van der Waals surface area (Å²) in [7, 11) is 1.72. The second-order valence-corrected chi connectivity index (χ2v) is 6.02. The van der Waals surface area contributed by atoms with Crippen LogP contribution in [0.25, 0.3) is 0 Å². The molecule has 0 bridgehead atoms. The highest BCUT2D eigenvalue weighted by molar-refractivity contribution is 7.10. The molecule has 1 heterocycles. The van der Waals surface area contributed by atoms with E-state index in [-0.39, 0.29) is 18.2 Å². The molecule has 2 atom stereocenters. The van der Waals surface area contributed by atoms with Gasteiger partial charge in [-0.15, -0.1) is 11.3 Å². The molecule has 5 heteroatoms. The highest BCUT2D eigenvalue weighted by atomic mass is 32.1. The summed E-state index contributed by atoms with van der Waals surface area (Å²) in [5.74, 6) is 0. The van der Waals surface area contributed by atoms with Crippen LogP contribution in [0.15, 0.2) is 11.4 Å². The number of aryl methyl sites for hydroxylation is 1. The molecule has 1 aliphatic rings. The van der Waals surface area contributed by atoms with Crippen molar-refractivity contribution in [3.63, 3.8) is 0 Å². The van der Waals surface area contributed by atoms with Crippen LogP contribution in [-0.2, 0) is 11.3 Å². The molecular formula is C14H22N2O2S. The van der Waals surface area contributed by atoms with Crippen molar-refractivity contribution in [3.05, 3.63) is 21.9 Å². The minimum atomic E-state index is -0.0956. The molecule has 0 spiro atoms. The van der Waals surface area contributed by atoms with Gasteiger partial charge in [0.25, 0.3) is 0 Å². The molecule has 0 radical (unpaired) electrons. The van der Waals surface area contributed by atoms with Crippen LogP contribution in [0, 0.1) is 6.92 Å². The van der Waals surface area contributed by atoms with Crippen LogP contribution in [0.3, 0.4) is 0 Å². The summed E-state index contributed by atoms with van der Waals surface area (Å²) in [6, 6.07) is 2.12. The third-order valence-corrected chi connectivity index (χ3v) is 4.72. The molecule has 0 aromatic carbocycles. The highest BCUT2D eigenvalue weighted by Crippen LogP contribution is 2.20. The second-order valence-electron chi connectivity index (χ2n) is 5.02. The van der Waals surface area contributed by atoms with Gasteiger partial charge in [0.1, 0.15) is 0 Å². The molecule has 1 fully saturated rings. The van der Waals surface area contributed by atoms with Crippen molar-refractivity contribution >= 4 is 17.4 Å². The van der Waals surface area contributed by atoms with E-state index in [9.17, 15) is 4.79 Å². The zero-order valence-corrected chi connectivity index (χ0v) is 12.4. The van der Waals surface area contributed by atoms with Gasteiger partial charge in [-0.2, -0.15) is 0 Å². The Kier molecular flexibility index (Phi) is 5.22. The van der Waals surface area contributed by atoms with Crippen LogP contribution in [0.1, 0.15) is 36.1 Å². The van der Waals surface area contributed by atoms with Crippen molar-refractivity contribution in [2.24, 2.45) is 0 Å². The number of methoxy groups -OCH3 is 1. The first-order chi connectivity index (χ1) is 9.20. The number of urea groups is 1. The number of rotatable bonds is 4. The zero-order valence-electron chi connectivity index (χ0n) is 11.6. The summed E-state index contributed by atoms with van der Waals surface area (Å²) in [6.07, 6.45) is 4.54. The molecule has 2 amide bonds. The molecule has 2 N–H and O–H groups in total. The molecular weight excluding hydrogens is 260 g/mol. The highest BCUT2D eigenvalue weighted by Gasteiger charge is 2.26. The molecule has 1 saturated carbocycles. The zero-order chi connectivity index (χ0) is 13.7. The monoisotopic (exact) mass is 282 g/mol. The van der Waals surface area contributed by atoms with Crippen molar-refractivity contribution in [1.29, 1.82) is 0 Å². The minimum absolute atomic E-state index is 0.0956. The van der Waals surface area contributed by atoms with Gasteiger partial charge in [0.2, 0.25) is 0 Å². The lowest BCUT2D eigenvalue weighted by molar-refractivity contribution is 0.0452. The lowest BCUT2D eigenvalue weighted by Gasteiger charge is -2.31. The van der Waals surface area contributed by atoms with E-state index in [2.05, 4.69) is 23.6 Å². The predicted octanol–water partition coefficient (Wildman–Crippen LogP) is 2.81. The van der Waals surface area contributed by atoms with E-state index >= 15 is 0 Å². The Hall–Kier alpha value is -1.07. The summed E-state index contributed by atoms with van der Waals surface area (Å²) >= 11 is 1.68. The van der Waals surface area contributed by atoms with Gasteiger partial charge in [-0.3, -0.25) is 0 Å². The number of carbonyl (C=O) groups is 1. The largest absolute Gasteiger partial charge is 0.379 e. The topological polar surface area (TPSA) is 50.4 Å². The summed E-state index contributed by atoms with van der Waals surface area (Å²) in [4.78, 5) is 13.1. The van der Waals surface area contributed by atoms with Crippen LogP contribution in [0.4, 0.5) is 4.79 Å². The SMILES string of the molecule is CO[C@@H]1CCCC[C@H]1NC(=O)NCc1sccc1C. The maximum atomic E-state index is 11.9. The molecule has 19 heavy (non-hydrogen) atoms. The standard InChI is InChI=1S/C14H22N2O2S/c1-10-7-8-19-13(10)9-15-14(17)16-11-5-3-4-6-12(11)18-2/h7-8,11-12H,3-6,9H2,1-2H3,(H2,15,16,17)/t11-,12-/m1/s1. The Bertz CT molecular complexity index is 419. The van der Waals surface area contributed by atoms with Gasteiger partial charge in [-0.05, 0) is 36.8 Å². The Morgan fingerprint density at radius 2 is 2.26 bits per heavy atom. The lowest BCUT2D eigenvalue weighted by Crippen LogP contribution is -2.49. The van der Waals surface area contributed by atoms with Crippen molar-refractivity contribution in [3.8, 4) is 0 Å². The average Bonchev–Trinajstić information content (AvgIpc) is 2.82. The Morgan fingerprint density at radius 3 is 2.95 bits per heavy atom. The average molecular weight is 282 g/mol. The molecule has 106 valence electrons. The fourth-order valence-electron chi connectivity index (χ4n) is 2.51. The molecule has 0 aliphatic heterocycles. The molecule has 1 aromatic heterocycles. The number of ether oxygens (including phenoxy) is 1. The Labute approximate surface area is 118 Å². The molecule has 1 aliphatic carbocycles. The number of carbonyl (C=O) groups excluding carboxylic acids is 1. The first kappa shape index (κ1) is 14.3. The van der Waals surface area contributed by atoms with Gasteiger partial charge in [-0.25, -0.2) is 4.79 Å². The predicted molar refractivity (Wildman–Crippen MR) is 77.5 cm³/mol. The fraction of sp³-hybridized carbons (Fsp3) is 0.643. The first-order valence-corrected chi connectivity index (χ1v) is 7.69. The number of nitrogens with one attached hydrogen (secondary N) is 2. The van der Waals surface area contributed by atoms with Crippen LogP contribution in [0.2, 0.25) is 0 Å². The fourth-order valence-corrected chi connectivity index (χ4v) is 3.36. The smallest absolute Gasteiger partial charge is 0.315 e. The first-order valence-electron chi connectivity index (χ1n) is 6.81. The number of hydrogen-bond acceptors (Lipinski definition) is 3. The number of hydrogen-bond donors (Lipinski definition) is 2. The maximum absolute atomic E-state index is 11.9. The maximum Gasteiger partial charge on any atom is 0.315 e. The van der Waals surface area contributed by atoms with E-state index in [0.29, 0.717) is 6.54 Å². The van der Waals surface area contributed by atoms with Crippen molar-refractivity contribution in [2.75, 3.05) is 7.11 Å². The van der Waals surface area contributed by atoms with Crippen LogP contribution in [-0.4, -0.2) is 25.3 Å². The third kappa shape index (κ3) is 3.94. The Morgan fingerprint density at radius 1 is 1.47 bits per heavy atom. The summed E-state index contributed by atoms with van der Waals surface area (Å²) in [6.45, 7) is 2.66. The quantitative estimate of drug-likeness (QED) is 0.892. The molecule has 0 saturated heterocycles. The van der Waals surface area contributed by atoms with Gasteiger partial charge in [0, 0.05) is 12.0 Å². The van der Waals surface area contributed by atoms with Crippen LogP contribution >= 0.6 is 11.3 Å². The molecule has 2 rings (SSSR count). The van der Waals surface area contributed by atoms with Gasteiger partial charge in [0.05, 0.1) is 18.7 Å². The van der Waals surface area contributed by atoms with E-state index in [4.69, 9.17) is 4.74 Å². The second kappa shape index (κ2) is 6.91. The normalized spacial score (nSPS) is 23.1. The number of amides is 2. The van der Waals surface area contributed by atoms with Crippen molar-refractivity contribution in [1.82, 2.24) is 10.6 Å². The summed E-state index contributed by atoms with van der Waals surface area (Å²) < 4.78 is 5.43. The lowest BCUT2D eigenvalue weighted by atomic mass is 9.92. The van der Waals surface area contributed by atoms with Gasteiger partial charge in [0.15, 0.2) is 0 Å². The summed E-state index contributed by atoms with van der Waals surface area (Å²) in [5, 5.41) is 8.00. The van der Waals surface area contributed by atoms with E-state index in [1.54, 1.807) is 18.4 Å². The van der Waals surface area contributed by atoms with E-state index in [1.807, 2.05) is 5.38 Å². The van der Waals surface area contributed by atoms with Gasteiger partial charge < -0.3 is 15.4 Å². The van der Waals surface area contributed by atoms with E-state index in [1.165, 1.54) is 16.9 Å². The van der Waals surface area contributed by atoms with Gasteiger partial charge in [-0.1, -0.05) is 12.8 Å². The van der Waals surface area contributed by atoms with Crippen LogP contribution in [0.5, 0.6) is 0 Å². The van der Waals surface area contributed by atoms with E-state index in [0.717, 1.165) is 19.3 Å². The Balaban J connectivity index is 1.79. The van der Waals surface area contributed by atoms with Crippen molar-refractivity contribution < 1.29 is 9.53 Å². The minimum Gasteiger partial charge on any atom is -0.379 e. The van der Waals surface area contributed by atoms with Crippen molar-refractivity contribution in [2.45, 2.75) is 51.3 Å². The molecule has 1 aromatic rings. The molecule has 0 unspecified atom stereocenters. The van der Waals surface area contributed by atoms with Crippen LogP contribution < -0.4 is 10.6 Å². The van der Waals surface area contributed by atoms with Gasteiger partial charge >= 0.3 is 6.03 Å². The third-order valence-electron chi connectivity index (χ3n) is 3.70. The number of thiophene rings is 1. The molecule has 4 nitrogen and oxygen atoms in total. The van der Waals surface area contributed by atoms with E-state index < -0.39 is 0 Å².